The predicted molar refractivity (Wildman–Crippen MR) is 77.0 cm³/mol. The molecule has 4 atom stereocenters. The van der Waals surface area contributed by atoms with Crippen molar-refractivity contribution in [3.63, 3.8) is 0 Å². The average Bonchev–Trinajstić information content (AvgIpc) is 2.51. The molecule has 0 bridgehead atoms. The second-order valence-corrected chi connectivity index (χ2v) is 5.08. The molecular weight excluding hydrogens is 400 g/mol. The van der Waals surface area contributed by atoms with Gasteiger partial charge in [0, 0.05) is 0 Å². The van der Waals surface area contributed by atoms with Crippen molar-refractivity contribution in [3.05, 3.63) is 0 Å². The summed E-state index contributed by atoms with van der Waals surface area (Å²) in [5.41, 5.74) is -6.45. The highest BCUT2D eigenvalue weighted by atomic mass is 16.5. The Bertz CT molecular complexity index is 598. The molecule has 0 rings (SSSR count). The van der Waals surface area contributed by atoms with Crippen molar-refractivity contribution < 1.29 is 79.8 Å². The molecule has 10 N–H and O–H groups in total. The minimum Gasteiger partial charge on any atom is -0.481 e. The lowest BCUT2D eigenvalue weighted by Gasteiger charge is -2.23. The molecule has 0 radical (unpaired) electrons. The average molecular weight is 416 g/mol. The van der Waals surface area contributed by atoms with Gasteiger partial charge in [-0.25, -0.2) is 19.2 Å². The zero-order valence-corrected chi connectivity index (χ0v) is 13.5. The highest BCUT2D eigenvalue weighted by Gasteiger charge is 2.50. The molecule has 0 aromatic rings. The van der Waals surface area contributed by atoms with Crippen molar-refractivity contribution in [1.82, 2.24) is 0 Å². The standard InChI is InChI=1S/2C6H8O8/c2*7-2(8)1-6(14,5(12)13)3(9)4(10)11/h2*3,9,14H,1H2,(H,7,8)(H,10,11)(H,12,13)/t2*3-,6+/m11/s1. The molecule has 0 amide bonds. The van der Waals surface area contributed by atoms with Crippen LogP contribution in [-0.2, 0) is 28.8 Å². The van der Waals surface area contributed by atoms with Crippen LogP contribution in [0.4, 0.5) is 0 Å². The summed E-state index contributed by atoms with van der Waals surface area (Å²) >= 11 is 0. The van der Waals surface area contributed by atoms with Crippen LogP contribution in [0.3, 0.4) is 0 Å². The van der Waals surface area contributed by atoms with Crippen LogP contribution in [0.15, 0.2) is 0 Å². The number of carboxylic acid groups (broad SMARTS) is 6. The van der Waals surface area contributed by atoms with Gasteiger partial charge in [0.2, 0.25) is 11.2 Å². The maximum atomic E-state index is 10.4. The van der Waals surface area contributed by atoms with Gasteiger partial charge in [0.25, 0.3) is 0 Å². The lowest BCUT2D eigenvalue weighted by atomic mass is 9.93. The molecule has 0 saturated heterocycles. The van der Waals surface area contributed by atoms with Gasteiger partial charge in [-0.2, -0.15) is 0 Å². The fourth-order valence-corrected chi connectivity index (χ4v) is 1.45. The molecule has 0 fully saturated rings. The minimum absolute atomic E-state index is 1.41. The van der Waals surface area contributed by atoms with Gasteiger partial charge in [0.1, 0.15) is 0 Å². The fraction of sp³-hybridized carbons (Fsp3) is 0.500. The van der Waals surface area contributed by atoms with Crippen molar-refractivity contribution >= 4 is 35.8 Å². The van der Waals surface area contributed by atoms with Crippen LogP contribution >= 0.6 is 0 Å². The van der Waals surface area contributed by atoms with Crippen LogP contribution < -0.4 is 0 Å². The fourth-order valence-electron chi connectivity index (χ4n) is 1.45. The molecular formula is C12H16O16. The molecule has 0 aliphatic rings. The van der Waals surface area contributed by atoms with Gasteiger partial charge in [-0.15, -0.1) is 0 Å². The Morgan fingerprint density at radius 3 is 0.893 bits per heavy atom. The van der Waals surface area contributed by atoms with Crippen molar-refractivity contribution in [2.45, 2.75) is 36.3 Å². The first-order valence-electron chi connectivity index (χ1n) is 6.60. The third-order valence-electron chi connectivity index (χ3n) is 2.95. The van der Waals surface area contributed by atoms with Gasteiger partial charge in [-0.3, -0.25) is 9.59 Å². The van der Waals surface area contributed by atoms with Crippen molar-refractivity contribution in [1.29, 1.82) is 0 Å². The molecule has 0 aromatic heterocycles. The van der Waals surface area contributed by atoms with Crippen LogP contribution in [-0.4, -0.2) is 110 Å². The van der Waals surface area contributed by atoms with E-state index in [1.807, 2.05) is 0 Å². The minimum atomic E-state index is -3.22. The van der Waals surface area contributed by atoms with Crippen molar-refractivity contribution in [3.8, 4) is 0 Å². The number of rotatable bonds is 10. The first kappa shape index (κ1) is 26.9. The lowest BCUT2D eigenvalue weighted by molar-refractivity contribution is -0.187. The van der Waals surface area contributed by atoms with Crippen LogP contribution in [0.5, 0.6) is 0 Å². The van der Waals surface area contributed by atoms with Crippen LogP contribution in [0.2, 0.25) is 0 Å². The van der Waals surface area contributed by atoms with E-state index < -0.39 is 72.1 Å². The summed E-state index contributed by atoms with van der Waals surface area (Å²) in [6, 6.07) is 0. The summed E-state index contributed by atoms with van der Waals surface area (Å²) in [7, 11) is 0. The Balaban J connectivity index is 0. The van der Waals surface area contributed by atoms with E-state index in [2.05, 4.69) is 0 Å². The smallest absolute Gasteiger partial charge is 0.339 e. The SMILES string of the molecule is O=C(O)C[C@@](O)(C(=O)O)[C@H](O)C(=O)O.O=C(O)C[C@@](O)(C(=O)O)[C@H](O)C(=O)O. The molecule has 16 heteroatoms. The van der Waals surface area contributed by atoms with Gasteiger partial charge >= 0.3 is 35.8 Å². The topological polar surface area (TPSA) is 305 Å². The zero-order valence-electron chi connectivity index (χ0n) is 13.5. The van der Waals surface area contributed by atoms with E-state index in [0.717, 1.165) is 0 Å². The number of carbonyl (C=O) groups is 6. The Hall–Kier alpha value is -3.34. The monoisotopic (exact) mass is 416 g/mol. The van der Waals surface area contributed by atoms with Crippen LogP contribution in [0, 0.1) is 0 Å². The number of aliphatic hydroxyl groups excluding tert-OH is 2. The van der Waals surface area contributed by atoms with Crippen LogP contribution in [0.25, 0.3) is 0 Å². The van der Waals surface area contributed by atoms with Gasteiger partial charge in [0.15, 0.2) is 12.2 Å². The molecule has 0 aromatic carbocycles. The van der Waals surface area contributed by atoms with E-state index in [1.54, 1.807) is 0 Å². The Labute approximate surface area is 153 Å². The summed E-state index contributed by atoms with van der Waals surface area (Å²) in [4.78, 5) is 61.3. The molecule has 28 heavy (non-hydrogen) atoms. The van der Waals surface area contributed by atoms with E-state index in [4.69, 9.17) is 51.1 Å². The van der Waals surface area contributed by atoms with Gasteiger partial charge < -0.3 is 51.1 Å². The summed E-state index contributed by atoms with van der Waals surface area (Å²) in [5.74, 6) is -11.7. The Morgan fingerprint density at radius 1 is 0.571 bits per heavy atom. The van der Waals surface area contributed by atoms with E-state index in [9.17, 15) is 28.8 Å². The molecule has 160 valence electrons. The lowest BCUT2D eigenvalue weighted by Crippen LogP contribution is -2.54. The number of aliphatic carboxylic acids is 6. The summed E-state index contributed by atoms with van der Waals surface area (Å²) in [6.45, 7) is 0. The Kier molecular flexibility index (Phi) is 9.71. The van der Waals surface area contributed by atoms with Crippen molar-refractivity contribution in [2.75, 3.05) is 0 Å². The third-order valence-corrected chi connectivity index (χ3v) is 2.95. The van der Waals surface area contributed by atoms with E-state index in [1.165, 1.54) is 0 Å². The largest absolute Gasteiger partial charge is 0.481 e. The second-order valence-electron chi connectivity index (χ2n) is 5.08. The first-order chi connectivity index (χ1) is 12.4. The van der Waals surface area contributed by atoms with Gasteiger partial charge in [-0.05, 0) is 0 Å². The number of carboxylic acids is 6. The van der Waals surface area contributed by atoms with E-state index in [-0.39, 0.29) is 0 Å². The highest BCUT2D eigenvalue weighted by molar-refractivity contribution is 5.91. The number of hydrogen-bond donors (Lipinski definition) is 10. The van der Waals surface area contributed by atoms with Crippen LogP contribution in [0.1, 0.15) is 12.8 Å². The quantitative estimate of drug-likeness (QED) is 0.160. The normalized spacial score (nSPS) is 16.7. The third kappa shape index (κ3) is 7.11. The maximum absolute atomic E-state index is 10.4. The van der Waals surface area contributed by atoms with E-state index in [0.29, 0.717) is 0 Å². The summed E-state index contributed by atoms with van der Waals surface area (Å²) in [6.07, 6.45) is -8.21. The van der Waals surface area contributed by atoms with Gasteiger partial charge in [0.05, 0.1) is 12.8 Å². The summed E-state index contributed by atoms with van der Waals surface area (Å²) < 4.78 is 0. The molecule has 0 aliphatic heterocycles. The van der Waals surface area contributed by atoms with Crippen molar-refractivity contribution in [2.24, 2.45) is 0 Å². The molecule has 0 saturated carbocycles. The molecule has 0 heterocycles. The van der Waals surface area contributed by atoms with E-state index >= 15 is 0 Å². The first-order valence-corrected chi connectivity index (χ1v) is 6.60. The molecule has 0 unspecified atom stereocenters. The number of hydrogen-bond acceptors (Lipinski definition) is 10. The zero-order chi connectivity index (χ0) is 23.0. The number of aliphatic hydroxyl groups is 4. The summed E-state index contributed by atoms with van der Waals surface area (Å²) in [5, 5.41) is 85.3. The molecule has 0 aliphatic carbocycles. The maximum Gasteiger partial charge on any atom is 0.339 e. The predicted octanol–water partition coefficient (Wildman–Crippen LogP) is -4.56. The second kappa shape index (κ2) is 10.1. The Morgan fingerprint density at radius 2 is 0.786 bits per heavy atom. The molecule has 16 nitrogen and oxygen atoms in total. The highest BCUT2D eigenvalue weighted by Crippen LogP contribution is 2.17. The van der Waals surface area contributed by atoms with Gasteiger partial charge in [-0.1, -0.05) is 0 Å². The molecule has 0 spiro atoms.